The van der Waals surface area contributed by atoms with Gasteiger partial charge < -0.3 is 0 Å². The Hall–Kier alpha value is -2.12. The van der Waals surface area contributed by atoms with Gasteiger partial charge in [-0.15, -0.1) is 0 Å². The van der Waals surface area contributed by atoms with Crippen LogP contribution in [0, 0.1) is 5.41 Å². The monoisotopic (exact) mass is 384 g/mol. The third-order valence-electron chi connectivity index (χ3n) is 6.65. The van der Waals surface area contributed by atoms with Gasteiger partial charge in [-0.05, 0) is 46.6 Å². The maximum absolute atomic E-state index is 2.57. The first-order valence-corrected chi connectivity index (χ1v) is 13.6. The van der Waals surface area contributed by atoms with Gasteiger partial charge in [0.05, 0.1) is 8.07 Å². The zero-order chi connectivity index (χ0) is 20.1. The van der Waals surface area contributed by atoms with Gasteiger partial charge in [0.2, 0.25) is 0 Å². The average molecular weight is 385 g/mol. The lowest BCUT2D eigenvalue weighted by molar-refractivity contribution is 0.518. The molecule has 0 aliphatic heterocycles. The smallest absolute Gasteiger partial charge is 0.0771 e. The zero-order valence-corrected chi connectivity index (χ0v) is 19.1. The molecule has 2 aromatic rings. The summed E-state index contributed by atoms with van der Waals surface area (Å²) in [6.45, 7) is 14.5. The van der Waals surface area contributed by atoms with Gasteiger partial charge in [-0.3, -0.25) is 0 Å². The summed E-state index contributed by atoms with van der Waals surface area (Å²) in [5.41, 5.74) is 9.55. The molecule has 2 aliphatic rings. The van der Waals surface area contributed by atoms with Gasteiger partial charge in [0.25, 0.3) is 0 Å². The fraction of sp³-hybridized carbons (Fsp3) is 0.333. The van der Waals surface area contributed by atoms with Crippen LogP contribution >= 0.6 is 0 Å². The molecular formula is C27H32Si. The van der Waals surface area contributed by atoms with Crippen LogP contribution in [0.4, 0.5) is 0 Å². The van der Waals surface area contributed by atoms with Crippen molar-refractivity contribution in [3.63, 3.8) is 0 Å². The van der Waals surface area contributed by atoms with Crippen molar-refractivity contribution in [2.75, 3.05) is 0 Å². The van der Waals surface area contributed by atoms with Crippen molar-refractivity contribution in [2.24, 2.45) is 5.41 Å². The number of hydrogen-bond acceptors (Lipinski definition) is 0. The topological polar surface area (TPSA) is 0 Å². The number of fused-ring (bicyclic) bond motifs is 1. The Kier molecular flexibility index (Phi) is 4.62. The van der Waals surface area contributed by atoms with E-state index in [1.54, 1.807) is 16.3 Å². The first-order chi connectivity index (χ1) is 13.2. The molecule has 0 nitrogen and oxygen atoms in total. The molecule has 0 N–H and O–H groups in total. The van der Waals surface area contributed by atoms with E-state index in [1.807, 2.05) is 0 Å². The van der Waals surface area contributed by atoms with Gasteiger partial charge in [0.15, 0.2) is 0 Å². The minimum atomic E-state index is -1.66. The van der Waals surface area contributed by atoms with Crippen LogP contribution in [0.3, 0.4) is 0 Å². The summed E-state index contributed by atoms with van der Waals surface area (Å²) in [6.07, 6.45) is 8.62. The maximum Gasteiger partial charge on any atom is 0.0876 e. The van der Waals surface area contributed by atoms with Crippen LogP contribution in [-0.2, 0) is 0 Å². The van der Waals surface area contributed by atoms with Crippen LogP contribution in [0.5, 0.6) is 0 Å². The zero-order valence-electron chi connectivity index (χ0n) is 18.1. The minimum Gasteiger partial charge on any atom is -0.0771 e. The summed E-state index contributed by atoms with van der Waals surface area (Å²) in [5, 5.41) is 1.70. The van der Waals surface area contributed by atoms with Crippen molar-refractivity contribution in [2.45, 2.75) is 52.8 Å². The fourth-order valence-corrected chi connectivity index (χ4v) is 8.84. The van der Waals surface area contributed by atoms with E-state index in [1.165, 1.54) is 22.3 Å². The molecule has 0 radical (unpaired) electrons. The van der Waals surface area contributed by atoms with Gasteiger partial charge in [-0.1, -0.05) is 111 Å². The number of rotatable bonds is 3. The molecular weight excluding hydrogens is 352 g/mol. The number of allylic oxidation sites excluding steroid dienone is 5. The predicted octanol–water partition coefficient (Wildman–Crippen LogP) is 7.94. The van der Waals surface area contributed by atoms with Gasteiger partial charge in [-0.2, -0.15) is 0 Å². The highest BCUT2D eigenvalue weighted by molar-refractivity contribution is 6.86. The largest absolute Gasteiger partial charge is 0.0876 e. The fourth-order valence-electron chi connectivity index (χ4n) is 5.06. The Bertz CT molecular complexity index is 994. The third kappa shape index (κ3) is 3.16. The molecule has 0 aromatic heterocycles. The molecule has 144 valence electrons. The number of hydrogen-bond donors (Lipinski definition) is 0. The Morgan fingerprint density at radius 3 is 2.25 bits per heavy atom. The van der Waals surface area contributed by atoms with Crippen LogP contribution in [-0.4, -0.2) is 8.07 Å². The molecule has 0 fully saturated rings. The molecule has 0 heterocycles. The molecule has 28 heavy (non-hydrogen) atoms. The highest BCUT2D eigenvalue weighted by Gasteiger charge is 2.42. The predicted molar refractivity (Wildman–Crippen MR) is 126 cm³/mol. The van der Waals surface area contributed by atoms with Crippen LogP contribution in [0.1, 0.15) is 50.8 Å². The lowest BCUT2D eigenvalue weighted by Gasteiger charge is -2.34. The van der Waals surface area contributed by atoms with E-state index >= 15 is 0 Å². The summed E-state index contributed by atoms with van der Waals surface area (Å²) < 4.78 is 0. The Balaban J connectivity index is 1.76. The molecule has 0 bridgehead atoms. The molecule has 2 aliphatic carbocycles. The van der Waals surface area contributed by atoms with E-state index in [4.69, 9.17) is 0 Å². The molecule has 0 spiro atoms. The average Bonchev–Trinajstić information content (AvgIpc) is 3.26. The molecule has 0 saturated carbocycles. The van der Waals surface area contributed by atoms with E-state index in [0.29, 0.717) is 5.54 Å². The minimum absolute atomic E-state index is 0.241. The van der Waals surface area contributed by atoms with E-state index in [-0.39, 0.29) is 5.41 Å². The summed E-state index contributed by atoms with van der Waals surface area (Å²) in [7, 11) is -1.66. The molecule has 0 amide bonds. The summed E-state index contributed by atoms with van der Waals surface area (Å²) in [5.74, 6) is 0. The van der Waals surface area contributed by atoms with E-state index in [2.05, 4.69) is 108 Å². The summed E-state index contributed by atoms with van der Waals surface area (Å²) in [6, 6.07) is 17.7. The van der Waals surface area contributed by atoms with Crippen molar-refractivity contribution in [3.05, 3.63) is 88.2 Å². The molecule has 1 unspecified atom stereocenters. The van der Waals surface area contributed by atoms with Gasteiger partial charge in [-0.25, -0.2) is 0 Å². The standard InChI is InChI=1S/C27H32Si/c1-19-17-25-23(20-11-8-7-9-12-20)13-10-14-24(25)26(19)28(5,6)22-16-15-21(18-22)27(2,3)4/h7-15,17-18,26H,16H2,1-6H3. The van der Waals surface area contributed by atoms with E-state index in [0.717, 1.165) is 6.42 Å². The van der Waals surface area contributed by atoms with Crippen molar-refractivity contribution < 1.29 is 0 Å². The first-order valence-electron chi connectivity index (χ1n) is 10.5. The normalized spacial score (nSPS) is 19.2. The Labute approximate surface area is 171 Å². The second-order valence-corrected chi connectivity index (χ2v) is 14.7. The highest BCUT2D eigenvalue weighted by Crippen LogP contribution is 2.49. The summed E-state index contributed by atoms with van der Waals surface area (Å²) in [4.78, 5) is 0. The van der Waals surface area contributed by atoms with Crippen LogP contribution in [0.2, 0.25) is 13.1 Å². The van der Waals surface area contributed by atoms with Gasteiger partial charge in [0, 0.05) is 5.54 Å². The van der Waals surface area contributed by atoms with Crippen molar-refractivity contribution >= 4 is 14.1 Å². The lowest BCUT2D eigenvalue weighted by atomic mass is 9.87. The van der Waals surface area contributed by atoms with Crippen LogP contribution in [0.25, 0.3) is 17.2 Å². The lowest BCUT2D eigenvalue weighted by Crippen LogP contribution is -2.37. The SMILES string of the molecule is CC1=Cc2c(-c3ccccc3)cccc2C1[Si](C)(C)C1=CC(C(C)(C)C)=CC1. The third-order valence-corrected chi connectivity index (χ3v) is 10.9. The first kappa shape index (κ1) is 19.2. The van der Waals surface area contributed by atoms with Crippen LogP contribution in [0.15, 0.2) is 77.0 Å². The quantitative estimate of drug-likeness (QED) is 0.471. The van der Waals surface area contributed by atoms with Gasteiger partial charge in [0.1, 0.15) is 0 Å². The second kappa shape index (κ2) is 6.74. The van der Waals surface area contributed by atoms with Crippen molar-refractivity contribution in [3.8, 4) is 11.1 Å². The number of benzene rings is 2. The molecule has 0 saturated heterocycles. The van der Waals surface area contributed by atoms with Crippen LogP contribution < -0.4 is 0 Å². The Morgan fingerprint density at radius 1 is 0.893 bits per heavy atom. The van der Waals surface area contributed by atoms with E-state index < -0.39 is 8.07 Å². The molecule has 2 aromatic carbocycles. The molecule has 1 heteroatoms. The Morgan fingerprint density at radius 2 is 1.61 bits per heavy atom. The molecule has 4 rings (SSSR count). The maximum atomic E-state index is 2.57. The van der Waals surface area contributed by atoms with E-state index in [9.17, 15) is 0 Å². The van der Waals surface area contributed by atoms with Crippen molar-refractivity contribution in [1.29, 1.82) is 0 Å². The van der Waals surface area contributed by atoms with Gasteiger partial charge >= 0.3 is 0 Å². The molecule has 1 atom stereocenters. The van der Waals surface area contributed by atoms with Crippen molar-refractivity contribution in [1.82, 2.24) is 0 Å². The summed E-state index contributed by atoms with van der Waals surface area (Å²) >= 11 is 0. The second-order valence-electron chi connectivity index (χ2n) is 10.0. The highest BCUT2D eigenvalue weighted by atomic mass is 28.3.